The first-order valence-electron chi connectivity index (χ1n) is 3.74. The summed E-state index contributed by atoms with van der Waals surface area (Å²) in [6.07, 6.45) is 4.30. The molecule has 0 heterocycles. The van der Waals surface area contributed by atoms with Gasteiger partial charge in [-0.05, 0) is 18.9 Å². The van der Waals surface area contributed by atoms with Crippen molar-refractivity contribution < 1.29 is 14.6 Å². The zero-order valence-corrected chi connectivity index (χ0v) is 6.96. The molecule has 1 N–H and O–H groups in total. The van der Waals surface area contributed by atoms with Crippen molar-refractivity contribution in [2.45, 2.75) is 33.1 Å². The van der Waals surface area contributed by atoms with Gasteiger partial charge < -0.3 is 9.84 Å². The third kappa shape index (κ3) is 6.90. The second-order valence-corrected chi connectivity index (χ2v) is 2.28. The minimum Gasteiger partial charge on any atom is -0.481 e. The van der Waals surface area contributed by atoms with Crippen LogP contribution in [0.25, 0.3) is 0 Å². The molecule has 0 radical (unpaired) electrons. The van der Waals surface area contributed by atoms with Crippen LogP contribution in [0.2, 0.25) is 0 Å². The van der Waals surface area contributed by atoms with Gasteiger partial charge >= 0.3 is 5.97 Å². The van der Waals surface area contributed by atoms with Gasteiger partial charge in [0.2, 0.25) is 0 Å². The molecule has 0 aromatic heterocycles. The molecule has 3 nitrogen and oxygen atoms in total. The maximum absolute atomic E-state index is 10.3. The predicted octanol–water partition coefficient (Wildman–Crippen LogP) is 2.14. The Morgan fingerprint density at radius 1 is 1.64 bits per heavy atom. The lowest BCUT2D eigenvalue weighted by molar-refractivity contribution is -0.140. The van der Waals surface area contributed by atoms with Crippen LogP contribution in [0.5, 0.6) is 0 Å². The summed E-state index contributed by atoms with van der Waals surface area (Å²) in [4.78, 5) is 10.3. The van der Waals surface area contributed by atoms with Crippen LogP contribution in [0, 0.1) is 0 Å². The number of hydrogen-bond acceptors (Lipinski definition) is 3. The molecule has 0 amide bonds. The first kappa shape index (κ1) is 10.0. The topological polar surface area (TPSA) is 46.5 Å². The van der Waals surface area contributed by atoms with Crippen LogP contribution in [0.4, 0.5) is 0 Å². The summed E-state index contributed by atoms with van der Waals surface area (Å²) in [7, 11) is 0. The second kappa shape index (κ2) is 5.77. The maximum atomic E-state index is 10.3. The van der Waals surface area contributed by atoms with Gasteiger partial charge in [0.05, 0.1) is 0 Å². The van der Waals surface area contributed by atoms with E-state index in [0.717, 1.165) is 19.3 Å². The van der Waals surface area contributed by atoms with Crippen LogP contribution in [0.3, 0.4) is 0 Å². The average molecular weight is 158 g/mol. The SMILES string of the molecule is CCCC/C=C(\O)OC(C)=O. The van der Waals surface area contributed by atoms with E-state index in [0.29, 0.717) is 0 Å². The predicted molar refractivity (Wildman–Crippen MR) is 42.0 cm³/mol. The van der Waals surface area contributed by atoms with E-state index in [4.69, 9.17) is 5.11 Å². The quantitative estimate of drug-likeness (QED) is 0.387. The Labute approximate surface area is 66.7 Å². The van der Waals surface area contributed by atoms with Crippen molar-refractivity contribution in [2.75, 3.05) is 0 Å². The number of allylic oxidation sites excluding steroid dienone is 1. The maximum Gasteiger partial charge on any atom is 0.310 e. The fraction of sp³-hybridized carbons (Fsp3) is 0.625. The van der Waals surface area contributed by atoms with Crippen LogP contribution in [0.1, 0.15) is 33.1 Å². The molecule has 0 saturated heterocycles. The first-order chi connectivity index (χ1) is 5.16. The number of hydrogen-bond donors (Lipinski definition) is 1. The van der Waals surface area contributed by atoms with Gasteiger partial charge in [0.15, 0.2) is 0 Å². The molecular weight excluding hydrogens is 144 g/mol. The molecular formula is C8H14O3. The third-order valence-corrected chi connectivity index (χ3v) is 1.12. The Bertz CT molecular complexity index is 149. The van der Waals surface area contributed by atoms with Gasteiger partial charge in [0.1, 0.15) is 0 Å². The Balaban J connectivity index is 3.54. The van der Waals surface area contributed by atoms with E-state index >= 15 is 0 Å². The number of esters is 1. The highest BCUT2D eigenvalue weighted by Crippen LogP contribution is 1.99. The standard InChI is InChI=1S/C8H14O3/c1-3-4-5-6-8(10)11-7(2)9/h6,10H,3-5H2,1-2H3/b8-6+. The van der Waals surface area contributed by atoms with E-state index in [2.05, 4.69) is 11.7 Å². The lowest BCUT2D eigenvalue weighted by Gasteiger charge is -1.97. The lowest BCUT2D eigenvalue weighted by Crippen LogP contribution is -1.97. The molecule has 0 bridgehead atoms. The summed E-state index contributed by atoms with van der Waals surface area (Å²) in [6, 6.07) is 0. The van der Waals surface area contributed by atoms with Crippen LogP contribution in [0.15, 0.2) is 12.0 Å². The van der Waals surface area contributed by atoms with Crippen molar-refractivity contribution in [3.05, 3.63) is 12.0 Å². The zero-order valence-electron chi connectivity index (χ0n) is 6.96. The Morgan fingerprint density at radius 3 is 2.73 bits per heavy atom. The van der Waals surface area contributed by atoms with Gasteiger partial charge in [0, 0.05) is 6.92 Å². The fourth-order valence-electron chi connectivity index (χ4n) is 0.619. The number of unbranched alkanes of at least 4 members (excludes halogenated alkanes) is 2. The Morgan fingerprint density at radius 2 is 2.27 bits per heavy atom. The monoisotopic (exact) mass is 158 g/mol. The normalized spacial score (nSPS) is 11.3. The summed E-state index contributed by atoms with van der Waals surface area (Å²) in [5.41, 5.74) is 0. The molecule has 0 rings (SSSR count). The third-order valence-electron chi connectivity index (χ3n) is 1.12. The number of ether oxygens (including phenoxy) is 1. The largest absolute Gasteiger partial charge is 0.481 e. The Hall–Kier alpha value is -0.990. The smallest absolute Gasteiger partial charge is 0.310 e. The van der Waals surface area contributed by atoms with Crippen LogP contribution < -0.4 is 0 Å². The van der Waals surface area contributed by atoms with E-state index in [-0.39, 0.29) is 5.95 Å². The van der Waals surface area contributed by atoms with E-state index in [9.17, 15) is 4.79 Å². The summed E-state index contributed by atoms with van der Waals surface area (Å²) in [6.45, 7) is 3.31. The molecule has 3 heteroatoms. The molecule has 0 aromatic rings. The highest BCUT2D eigenvalue weighted by molar-refractivity contribution is 5.66. The van der Waals surface area contributed by atoms with E-state index in [1.807, 2.05) is 0 Å². The van der Waals surface area contributed by atoms with Gasteiger partial charge in [-0.3, -0.25) is 4.79 Å². The number of carbonyl (C=O) groups excluding carboxylic acids is 1. The van der Waals surface area contributed by atoms with Crippen molar-refractivity contribution in [3.63, 3.8) is 0 Å². The van der Waals surface area contributed by atoms with Crippen LogP contribution >= 0.6 is 0 Å². The second-order valence-electron chi connectivity index (χ2n) is 2.28. The molecule has 0 aliphatic heterocycles. The molecule has 11 heavy (non-hydrogen) atoms. The minimum atomic E-state index is -0.491. The van der Waals surface area contributed by atoms with E-state index < -0.39 is 5.97 Å². The molecule has 0 saturated carbocycles. The summed E-state index contributed by atoms with van der Waals surface area (Å²) in [5.74, 6) is -0.777. The summed E-state index contributed by atoms with van der Waals surface area (Å²) < 4.78 is 4.37. The number of carbonyl (C=O) groups is 1. The summed E-state index contributed by atoms with van der Waals surface area (Å²) in [5, 5.41) is 8.86. The molecule has 0 fully saturated rings. The van der Waals surface area contributed by atoms with Gasteiger partial charge in [-0.2, -0.15) is 0 Å². The van der Waals surface area contributed by atoms with Crippen LogP contribution in [-0.2, 0) is 9.53 Å². The van der Waals surface area contributed by atoms with E-state index in [1.54, 1.807) is 0 Å². The number of aliphatic hydroxyl groups is 1. The average Bonchev–Trinajstić information content (AvgIpc) is 1.86. The summed E-state index contributed by atoms with van der Waals surface area (Å²) >= 11 is 0. The highest BCUT2D eigenvalue weighted by Gasteiger charge is 1.96. The lowest BCUT2D eigenvalue weighted by atomic mass is 10.2. The van der Waals surface area contributed by atoms with E-state index in [1.165, 1.54) is 13.0 Å². The number of aliphatic hydroxyl groups excluding tert-OH is 1. The molecule has 0 spiro atoms. The first-order valence-corrected chi connectivity index (χ1v) is 3.74. The number of rotatable bonds is 4. The van der Waals surface area contributed by atoms with Gasteiger partial charge in [-0.1, -0.05) is 13.3 Å². The fourth-order valence-corrected chi connectivity index (χ4v) is 0.619. The molecule has 0 aromatic carbocycles. The zero-order chi connectivity index (χ0) is 8.69. The van der Waals surface area contributed by atoms with Crippen molar-refractivity contribution in [1.29, 1.82) is 0 Å². The van der Waals surface area contributed by atoms with Gasteiger partial charge in [0.25, 0.3) is 5.95 Å². The molecule has 0 atom stereocenters. The van der Waals surface area contributed by atoms with Crippen molar-refractivity contribution in [3.8, 4) is 0 Å². The van der Waals surface area contributed by atoms with Gasteiger partial charge in [-0.15, -0.1) is 0 Å². The molecule has 0 aliphatic rings. The minimum absolute atomic E-state index is 0.286. The van der Waals surface area contributed by atoms with Crippen molar-refractivity contribution in [2.24, 2.45) is 0 Å². The van der Waals surface area contributed by atoms with Crippen molar-refractivity contribution >= 4 is 5.97 Å². The molecule has 0 unspecified atom stereocenters. The molecule has 64 valence electrons. The molecule has 0 aliphatic carbocycles. The van der Waals surface area contributed by atoms with Crippen molar-refractivity contribution in [1.82, 2.24) is 0 Å². The van der Waals surface area contributed by atoms with Gasteiger partial charge in [-0.25, -0.2) is 0 Å². The Kier molecular flexibility index (Phi) is 5.25. The highest BCUT2D eigenvalue weighted by atomic mass is 16.6. The van der Waals surface area contributed by atoms with Crippen LogP contribution in [-0.4, -0.2) is 11.1 Å².